The molecule has 0 aromatic heterocycles. The van der Waals surface area contributed by atoms with E-state index in [1.165, 1.54) is 199 Å². The second-order valence-electron chi connectivity index (χ2n) is 18.3. The van der Waals surface area contributed by atoms with Gasteiger partial charge in [-0.1, -0.05) is 238 Å². The third kappa shape index (κ3) is 43.1. The summed E-state index contributed by atoms with van der Waals surface area (Å²) in [6.07, 6.45) is 52.7. The van der Waals surface area contributed by atoms with Crippen molar-refractivity contribution >= 4 is 11.9 Å². The molecular weight excluding hydrogens is 731 g/mol. The third-order valence-electron chi connectivity index (χ3n) is 12.3. The Morgan fingerprint density at radius 1 is 0.475 bits per heavy atom. The Morgan fingerprint density at radius 3 is 1.22 bits per heavy atom. The summed E-state index contributed by atoms with van der Waals surface area (Å²) in [6.45, 7) is 6.49. The van der Waals surface area contributed by atoms with E-state index in [1.807, 2.05) is 0 Å². The molecule has 59 heavy (non-hydrogen) atoms. The maximum Gasteiger partial charge on any atom is 0.306 e. The number of unbranched alkanes of at least 4 members (excludes halogenated alkanes) is 34. The molecule has 0 aliphatic rings. The first-order chi connectivity index (χ1) is 29.0. The van der Waals surface area contributed by atoms with Crippen LogP contribution in [0, 0.1) is 0 Å². The lowest BCUT2D eigenvalue weighted by Crippen LogP contribution is -2.46. The average Bonchev–Trinajstić information content (AvgIpc) is 3.23. The zero-order valence-corrected chi connectivity index (χ0v) is 39.9. The lowest BCUT2D eigenvalue weighted by Gasteiger charge is -2.24. The summed E-state index contributed by atoms with van der Waals surface area (Å²) >= 11 is 0. The van der Waals surface area contributed by atoms with Crippen molar-refractivity contribution in [3.05, 3.63) is 12.2 Å². The number of nitrogens with one attached hydrogen (secondary N) is 1. The van der Waals surface area contributed by atoms with Crippen LogP contribution in [0.5, 0.6) is 0 Å². The fourth-order valence-corrected chi connectivity index (χ4v) is 8.31. The predicted molar refractivity (Wildman–Crippen MR) is 255 cm³/mol. The molecule has 6 nitrogen and oxygen atoms in total. The Morgan fingerprint density at radius 2 is 0.814 bits per heavy atom. The molecule has 6 heteroatoms. The Bertz CT molecular complexity index is 893. The molecule has 0 saturated carbocycles. The van der Waals surface area contributed by atoms with E-state index in [0.29, 0.717) is 19.3 Å². The summed E-state index contributed by atoms with van der Waals surface area (Å²) in [5.74, 6) is -0.461. The van der Waals surface area contributed by atoms with Crippen LogP contribution in [0.3, 0.4) is 0 Å². The van der Waals surface area contributed by atoms with Gasteiger partial charge < -0.3 is 20.3 Å². The summed E-state index contributed by atoms with van der Waals surface area (Å²) in [7, 11) is 0. The maximum atomic E-state index is 13.2. The maximum absolute atomic E-state index is 13.2. The van der Waals surface area contributed by atoms with Crippen molar-refractivity contribution < 1.29 is 24.5 Å². The third-order valence-corrected chi connectivity index (χ3v) is 12.3. The number of allylic oxidation sites excluding steroid dienone is 2. The minimum atomic E-state index is -0.781. The molecule has 1 amide bonds. The van der Waals surface area contributed by atoms with E-state index in [-0.39, 0.29) is 24.9 Å². The fraction of sp³-hybridized carbons (Fsp3) is 0.925. The van der Waals surface area contributed by atoms with E-state index in [2.05, 4.69) is 38.2 Å². The van der Waals surface area contributed by atoms with Crippen molar-refractivity contribution in [3.63, 3.8) is 0 Å². The van der Waals surface area contributed by atoms with Gasteiger partial charge in [0.15, 0.2) is 0 Å². The molecule has 0 spiro atoms. The second kappa shape index (κ2) is 47.6. The van der Waals surface area contributed by atoms with E-state index < -0.39 is 18.2 Å². The molecular formula is C53H103NO5. The monoisotopic (exact) mass is 834 g/mol. The van der Waals surface area contributed by atoms with Crippen molar-refractivity contribution in [3.8, 4) is 0 Å². The van der Waals surface area contributed by atoms with E-state index in [9.17, 15) is 19.8 Å². The van der Waals surface area contributed by atoms with Gasteiger partial charge in [-0.25, -0.2) is 0 Å². The number of carbonyl (C=O) groups excluding carboxylic acids is 2. The van der Waals surface area contributed by atoms with Crippen molar-refractivity contribution in [1.82, 2.24) is 5.32 Å². The lowest BCUT2D eigenvalue weighted by molar-refractivity contribution is -0.151. The van der Waals surface area contributed by atoms with E-state index in [0.717, 1.165) is 44.9 Å². The standard InChI is InChI=1S/C53H103NO5/c1-4-7-10-13-16-19-22-24-26-28-31-34-37-40-43-46-53(58)59-49(44-41-38-35-32-30-27-25-23-20-17-14-11-8-5-2)47-52(57)54-50(48-55)51(56)45-42-39-36-33-29-21-18-15-12-9-6-3/h19,22,49-51,55-56H,4-18,20-21,23-48H2,1-3H3,(H,54,57)/b22-19-. The Balaban J connectivity index is 4.54. The van der Waals surface area contributed by atoms with Crippen LogP contribution >= 0.6 is 0 Å². The summed E-state index contributed by atoms with van der Waals surface area (Å²) < 4.78 is 5.94. The number of ether oxygens (including phenoxy) is 1. The molecule has 0 saturated heterocycles. The Kier molecular flexibility index (Phi) is 46.5. The number of amides is 1. The highest BCUT2D eigenvalue weighted by Crippen LogP contribution is 2.18. The number of rotatable bonds is 48. The van der Waals surface area contributed by atoms with E-state index in [4.69, 9.17) is 4.74 Å². The molecule has 0 aromatic carbocycles. The summed E-state index contributed by atoms with van der Waals surface area (Å²) in [6, 6.07) is -0.695. The largest absolute Gasteiger partial charge is 0.462 e. The molecule has 0 bridgehead atoms. The van der Waals surface area contributed by atoms with Gasteiger partial charge in [0, 0.05) is 6.42 Å². The van der Waals surface area contributed by atoms with Gasteiger partial charge in [0.2, 0.25) is 5.91 Å². The zero-order valence-electron chi connectivity index (χ0n) is 39.9. The first-order valence-electron chi connectivity index (χ1n) is 26.4. The summed E-state index contributed by atoms with van der Waals surface area (Å²) in [5, 5.41) is 23.7. The van der Waals surface area contributed by atoms with Crippen LogP contribution in [0.25, 0.3) is 0 Å². The molecule has 3 unspecified atom stereocenters. The van der Waals surface area contributed by atoms with Crippen LogP contribution in [0.15, 0.2) is 12.2 Å². The van der Waals surface area contributed by atoms with E-state index >= 15 is 0 Å². The summed E-state index contributed by atoms with van der Waals surface area (Å²) in [5.41, 5.74) is 0. The number of hydrogen-bond donors (Lipinski definition) is 3. The van der Waals surface area contributed by atoms with Crippen molar-refractivity contribution in [2.45, 2.75) is 309 Å². The highest BCUT2D eigenvalue weighted by Gasteiger charge is 2.24. The Hall–Kier alpha value is -1.40. The number of aliphatic hydroxyl groups excluding tert-OH is 2. The lowest BCUT2D eigenvalue weighted by atomic mass is 10.0. The molecule has 3 atom stereocenters. The van der Waals surface area contributed by atoms with Crippen LogP contribution in [-0.2, 0) is 14.3 Å². The predicted octanol–water partition coefficient (Wildman–Crippen LogP) is 15.7. The fourth-order valence-electron chi connectivity index (χ4n) is 8.31. The Labute approximate surface area is 368 Å². The number of carbonyl (C=O) groups is 2. The van der Waals surface area contributed by atoms with Gasteiger partial charge in [0.1, 0.15) is 6.10 Å². The van der Waals surface area contributed by atoms with Crippen LogP contribution < -0.4 is 5.32 Å². The van der Waals surface area contributed by atoms with Gasteiger partial charge in [0.25, 0.3) is 0 Å². The normalized spacial score (nSPS) is 13.2. The topological polar surface area (TPSA) is 95.9 Å². The molecule has 0 radical (unpaired) electrons. The van der Waals surface area contributed by atoms with Crippen LogP contribution in [-0.4, -0.2) is 46.9 Å². The number of aliphatic hydroxyl groups is 2. The quantitative estimate of drug-likeness (QED) is 0.0322. The smallest absolute Gasteiger partial charge is 0.306 e. The molecule has 0 aromatic rings. The van der Waals surface area contributed by atoms with Gasteiger partial charge in [-0.2, -0.15) is 0 Å². The molecule has 0 aliphatic carbocycles. The molecule has 0 aliphatic heterocycles. The van der Waals surface area contributed by atoms with Crippen molar-refractivity contribution in [2.75, 3.05) is 6.61 Å². The van der Waals surface area contributed by atoms with Crippen LogP contribution in [0.2, 0.25) is 0 Å². The van der Waals surface area contributed by atoms with Gasteiger partial charge >= 0.3 is 5.97 Å². The van der Waals surface area contributed by atoms with Gasteiger partial charge in [-0.3, -0.25) is 9.59 Å². The average molecular weight is 834 g/mol. The zero-order chi connectivity index (χ0) is 43.1. The second-order valence-corrected chi connectivity index (χ2v) is 18.3. The molecule has 0 fully saturated rings. The van der Waals surface area contributed by atoms with Gasteiger partial charge in [-0.05, 0) is 51.4 Å². The minimum Gasteiger partial charge on any atom is -0.462 e. The first kappa shape index (κ1) is 57.6. The van der Waals surface area contributed by atoms with E-state index in [1.54, 1.807) is 0 Å². The SMILES string of the molecule is CCCCCC/C=C\CCCCCCCCCC(=O)OC(CCCCCCCCCCCCCCCC)CC(=O)NC(CO)C(O)CCCCCCCCCCCCC. The van der Waals surface area contributed by atoms with Crippen molar-refractivity contribution in [1.29, 1.82) is 0 Å². The number of hydrogen-bond acceptors (Lipinski definition) is 5. The highest BCUT2D eigenvalue weighted by atomic mass is 16.5. The first-order valence-corrected chi connectivity index (χ1v) is 26.4. The molecule has 0 heterocycles. The van der Waals surface area contributed by atoms with Gasteiger partial charge in [-0.15, -0.1) is 0 Å². The minimum absolute atomic E-state index is 0.0832. The number of esters is 1. The highest BCUT2D eigenvalue weighted by molar-refractivity contribution is 5.77. The summed E-state index contributed by atoms with van der Waals surface area (Å²) in [4.78, 5) is 26.1. The van der Waals surface area contributed by atoms with Crippen LogP contribution in [0.1, 0.15) is 290 Å². The van der Waals surface area contributed by atoms with Crippen LogP contribution in [0.4, 0.5) is 0 Å². The van der Waals surface area contributed by atoms with Gasteiger partial charge in [0.05, 0.1) is 25.2 Å². The van der Waals surface area contributed by atoms with Crippen molar-refractivity contribution in [2.24, 2.45) is 0 Å². The molecule has 3 N–H and O–H groups in total. The molecule has 0 rings (SSSR count). The molecule has 350 valence electrons.